The molecule has 2 rings (SSSR count). The second-order valence-corrected chi connectivity index (χ2v) is 10.1. The number of rotatable bonds is 4. The molecule has 0 aliphatic carbocycles. The second-order valence-electron chi connectivity index (χ2n) is 5.39. The third-order valence-corrected chi connectivity index (χ3v) is 4.78. The van der Waals surface area contributed by atoms with Gasteiger partial charge in [-0.2, -0.15) is 0 Å². The fraction of sp³-hybridized carbons (Fsp3) is 0.235. The van der Waals surface area contributed by atoms with Crippen molar-refractivity contribution in [2.24, 2.45) is 0 Å². The Bertz CT molecular complexity index is 654. The van der Waals surface area contributed by atoms with Gasteiger partial charge >= 0.3 is 6.03 Å². The van der Waals surface area contributed by atoms with Crippen molar-refractivity contribution in [2.45, 2.75) is 19.7 Å². The molecule has 0 aromatic heterocycles. The first-order valence-corrected chi connectivity index (χ1v) is 9.66. The quantitative estimate of drug-likeness (QED) is 0.487. The smallest absolute Gasteiger partial charge is 0.316 e. The molecule has 0 spiro atoms. The van der Waals surface area contributed by atoms with Gasteiger partial charge in [0.1, 0.15) is 12.1 Å². The van der Waals surface area contributed by atoms with E-state index in [1.807, 2.05) is 12.1 Å². The number of benzene rings is 2. The van der Waals surface area contributed by atoms with Crippen LogP contribution < -0.4 is 10.6 Å². The average molecular weight is 475 g/mol. The van der Waals surface area contributed by atoms with Crippen LogP contribution in [0.2, 0.25) is 0 Å². The number of halogens is 6. The number of urea groups is 1. The predicted molar refractivity (Wildman–Crippen MR) is 111 cm³/mol. The molecule has 9 heteroatoms. The van der Waals surface area contributed by atoms with E-state index in [1.54, 1.807) is 48.5 Å². The van der Waals surface area contributed by atoms with Crippen molar-refractivity contribution in [2.75, 3.05) is 0 Å². The summed E-state index contributed by atoms with van der Waals surface area (Å²) in [5.74, 6) is 0. The van der Waals surface area contributed by atoms with Crippen molar-refractivity contribution in [3.8, 4) is 0 Å². The van der Waals surface area contributed by atoms with Gasteiger partial charge in [-0.25, -0.2) is 4.79 Å². The molecule has 0 bridgehead atoms. The van der Waals surface area contributed by atoms with Gasteiger partial charge in [-0.05, 0) is 11.1 Å². The summed E-state index contributed by atoms with van der Waals surface area (Å²) >= 11 is 36.2. The molecule has 140 valence electrons. The lowest BCUT2D eigenvalue weighted by Crippen LogP contribution is -2.46. The standard InChI is InChI=1S/C17H14Cl6N2O/c18-16(19,20)13(11-7-3-1-4-8-11)24-15(26)25-14(17(21,22)23)12-9-5-2-6-10-12/h1-10,13-14H,(H2,24,25,26)/t13-,14-/m1/s1. The van der Waals surface area contributed by atoms with Gasteiger partial charge in [-0.1, -0.05) is 130 Å². The summed E-state index contributed by atoms with van der Waals surface area (Å²) in [4.78, 5) is 12.5. The maximum absolute atomic E-state index is 12.5. The van der Waals surface area contributed by atoms with Crippen molar-refractivity contribution >= 4 is 75.6 Å². The first kappa shape index (κ1) is 21.7. The molecular formula is C17H14Cl6N2O. The number of hydrogen-bond donors (Lipinski definition) is 2. The maximum Gasteiger partial charge on any atom is 0.316 e. The zero-order valence-electron chi connectivity index (χ0n) is 13.1. The van der Waals surface area contributed by atoms with Crippen LogP contribution in [-0.4, -0.2) is 13.6 Å². The fourth-order valence-corrected chi connectivity index (χ4v) is 3.39. The third-order valence-electron chi connectivity index (χ3n) is 3.47. The Morgan fingerprint density at radius 3 is 1.23 bits per heavy atom. The Kier molecular flexibility index (Phi) is 7.61. The van der Waals surface area contributed by atoms with Crippen molar-refractivity contribution < 1.29 is 4.79 Å². The second kappa shape index (κ2) is 9.09. The number of carbonyl (C=O) groups excluding carboxylic acids is 1. The minimum absolute atomic E-state index is 0.618. The summed E-state index contributed by atoms with van der Waals surface area (Å²) in [7, 11) is 0. The van der Waals surface area contributed by atoms with Crippen molar-refractivity contribution in [1.29, 1.82) is 0 Å². The molecule has 0 saturated heterocycles. The number of nitrogens with one attached hydrogen (secondary N) is 2. The van der Waals surface area contributed by atoms with Gasteiger partial charge < -0.3 is 10.6 Å². The van der Waals surface area contributed by atoms with Crippen LogP contribution in [-0.2, 0) is 0 Å². The molecule has 0 fully saturated rings. The summed E-state index contributed by atoms with van der Waals surface area (Å²) in [6.07, 6.45) is 0. The normalized spacial score (nSPS) is 14.4. The molecule has 2 aromatic rings. The van der Waals surface area contributed by atoms with Gasteiger partial charge in [0.15, 0.2) is 0 Å². The van der Waals surface area contributed by atoms with Crippen LogP contribution in [0.1, 0.15) is 23.2 Å². The Labute approximate surface area is 181 Å². The Morgan fingerprint density at radius 2 is 0.962 bits per heavy atom. The molecule has 2 N–H and O–H groups in total. The third kappa shape index (κ3) is 6.26. The highest BCUT2D eigenvalue weighted by Gasteiger charge is 2.38. The molecule has 3 nitrogen and oxygen atoms in total. The van der Waals surface area contributed by atoms with Crippen molar-refractivity contribution in [1.82, 2.24) is 10.6 Å². The SMILES string of the molecule is O=C(N[C@H](c1ccccc1)C(Cl)(Cl)Cl)N[C@H](c1ccccc1)C(Cl)(Cl)Cl. The minimum Gasteiger partial charge on any atom is -0.327 e. The lowest BCUT2D eigenvalue weighted by molar-refractivity contribution is 0.233. The van der Waals surface area contributed by atoms with E-state index in [0.29, 0.717) is 11.1 Å². The van der Waals surface area contributed by atoms with E-state index in [4.69, 9.17) is 69.6 Å². The van der Waals surface area contributed by atoms with Crippen LogP contribution in [0.15, 0.2) is 60.7 Å². The highest BCUT2D eigenvalue weighted by atomic mass is 35.6. The van der Waals surface area contributed by atoms with Crippen molar-refractivity contribution in [3.63, 3.8) is 0 Å². The van der Waals surface area contributed by atoms with Crippen LogP contribution in [0, 0.1) is 0 Å². The van der Waals surface area contributed by atoms with E-state index in [1.165, 1.54) is 0 Å². The van der Waals surface area contributed by atoms with Crippen LogP contribution in [0.25, 0.3) is 0 Å². The number of hydrogen-bond acceptors (Lipinski definition) is 1. The van der Waals surface area contributed by atoms with E-state index in [0.717, 1.165) is 0 Å². The molecule has 2 atom stereocenters. The maximum atomic E-state index is 12.5. The Balaban J connectivity index is 2.21. The Hall–Kier alpha value is -0.550. The molecule has 0 aliphatic heterocycles. The molecule has 2 amide bonds. The molecule has 0 heterocycles. The van der Waals surface area contributed by atoms with E-state index in [2.05, 4.69) is 10.6 Å². The first-order valence-electron chi connectivity index (χ1n) is 7.39. The van der Waals surface area contributed by atoms with E-state index >= 15 is 0 Å². The molecule has 0 unspecified atom stereocenters. The number of carbonyl (C=O) groups is 1. The van der Waals surface area contributed by atoms with Gasteiger partial charge in [0.25, 0.3) is 0 Å². The van der Waals surface area contributed by atoms with Crippen LogP contribution in [0.3, 0.4) is 0 Å². The molecule has 2 aromatic carbocycles. The predicted octanol–water partition coefficient (Wildman–Crippen LogP) is 6.51. The van der Waals surface area contributed by atoms with Crippen LogP contribution in [0.4, 0.5) is 4.79 Å². The van der Waals surface area contributed by atoms with Gasteiger partial charge in [-0.15, -0.1) is 0 Å². The van der Waals surface area contributed by atoms with Crippen LogP contribution in [0.5, 0.6) is 0 Å². The highest BCUT2D eigenvalue weighted by molar-refractivity contribution is 6.68. The Morgan fingerprint density at radius 1 is 0.654 bits per heavy atom. The van der Waals surface area contributed by atoms with Gasteiger partial charge in [0.2, 0.25) is 7.59 Å². The topological polar surface area (TPSA) is 41.1 Å². The zero-order chi connectivity index (χ0) is 19.4. The number of amides is 2. The summed E-state index contributed by atoms with van der Waals surface area (Å²) < 4.78 is -3.55. The van der Waals surface area contributed by atoms with Gasteiger partial charge in [0, 0.05) is 0 Å². The highest BCUT2D eigenvalue weighted by Crippen LogP contribution is 2.41. The summed E-state index contributed by atoms with van der Waals surface area (Å²) in [6, 6.07) is 15.2. The summed E-state index contributed by atoms with van der Waals surface area (Å²) in [6.45, 7) is 0. The number of alkyl halides is 6. The lowest BCUT2D eigenvalue weighted by Gasteiger charge is -2.30. The zero-order valence-corrected chi connectivity index (χ0v) is 17.6. The van der Waals surface area contributed by atoms with Crippen molar-refractivity contribution in [3.05, 3.63) is 71.8 Å². The molecule has 26 heavy (non-hydrogen) atoms. The largest absolute Gasteiger partial charge is 0.327 e. The van der Waals surface area contributed by atoms with Crippen LogP contribution >= 0.6 is 69.6 Å². The molecular weight excluding hydrogens is 461 g/mol. The fourth-order valence-electron chi connectivity index (χ4n) is 2.30. The minimum atomic E-state index is -1.78. The van der Waals surface area contributed by atoms with E-state index in [9.17, 15) is 4.79 Å². The van der Waals surface area contributed by atoms with E-state index in [-0.39, 0.29) is 0 Å². The molecule has 0 radical (unpaired) electrons. The lowest BCUT2D eigenvalue weighted by atomic mass is 10.1. The summed E-state index contributed by atoms with van der Waals surface area (Å²) in [5.41, 5.74) is 1.24. The van der Waals surface area contributed by atoms with Gasteiger partial charge in [-0.3, -0.25) is 0 Å². The van der Waals surface area contributed by atoms with E-state index < -0.39 is 25.7 Å². The first-order chi connectivity index (χ1) is 12.1. The molecule has 0 saturated carbocycles. The molecule has 0 aliphatic rings. The summed E-state index contributed by atoms with van der Waals surface area (Å²) in [5, 5.41) is 5.25. The average Bonchev–Trinajstić information content (AvgIpc) is 2.57. The van der Waals surface area contributed by atoms with Gasteiger partial charge in [0.05, 0.1) is 0 Å². The monoisotopic (exact) mass is 472 g/mol.